The van der Waals surface area contributed by atoms with E-state index < -0.39 is 5.95 Å². The molecule has 0 N–H and O–H groups in total. The molecule has 0 saturated carbocycles. The molecule has 0 unspecified atom stereocenters. The second-order valence-corrected chi connectivity index (χ2v) is 5.20. The van der Waals surface area contributed by atoms with Crippen molar-refractivity contribution in [2.45, 2.75) is 0 Å². The van der Waals surface area contributed by atoms with Crippen molar-refractivity contribution < 1.29 is 19.1 Å². The smallest absolute Gasteiger partial charge is 0.240 e. The zero-order valence-electron chi connectivity index (χ0n) is 11.8. The second kappa shape index (κ2) is 6.46. The van der Waals surface area contributed by atoms with Crippen molar-refractivity contribution in [3.8, 4) is 11.6 Å². The van der Waals surface area contributed by atoms with E-state index in [9.17, 15) is 9.90 Å². The van der Waals surface area contributed by atoms with Crippen molar-refractivity contribution >= 4 is 23.5 Å². The lowest BCUT2D eigenvalue weighted by molar-refractivity contribution is -0.670. The molecule has 0 atom stereocenters. The van der Waals surface area contributed by atoms with Gasteiger partial charge in [0.25, 0.3) is 0 Å². The number of ketones is 1. The molecule has 5 nitrogen and oxygen atoms in total. The fourth-order valence-electron chi connectivity index (χ4n) is 2.00. The minimum absolute atomic E-state index is 0.159. The Balaban J connectivity index is 1.81. The molecule has 0 spiro atoms. The maximum Gasteiger partial charge on any atom is 0.240 e. The van der Waals surface area contributed by atoms with Gasteiger partial charge in [0.05, 0.1) is 5.27 Å². The molecule has 114 valence electrons. The van der Waals surface area contributed by atoms with Crippen LogP contribution in [0.3, 0.4) is 0 Å². The Labute approximate surface area is 137 Å². The van der Waals surface area contributed by atoms with Crippen LogP contribution in [0.4, 0.5) is 0 Å². The van der Waals surface area contributed by atoms with E-state index in [1.807, 2.05) is 12.1 Å². The third kappa shape index (κ3) is 3.64. The summed E-state index contributed by atoms with van der Waals surface area (Å²) in [7, 11) is 0. The number of rotatable bonds is 4. The normalized spacial score (nSPS) is 11.0. The molecular weight excluding hydrogens is 316 g/mol. The Hall–Kier alpha value is -2.92. The number of benzene rings is 2. The van der Waals surface area contributed by atoms with Crippen LogP contribution in [0.5, 0.6) is 5.95 Å². The van der Waals surface area contributed by atoms with E-state index in [1.165, 1.54) is 17.0 Å². The third-order valence-corrected chi connectivity index (χ3v) is 3.39. The van der Waals surface area contributed by atoms with Gasteiger partial charge in [-0.2, -0.15) is 0 Å². The number of carbonyl (C=O) groups excluding carboxylic acids is 1. The van der Waals surface area contributed by atoms with Gasteiger partial charge in [0.2, 0.25) is 11.9 Å². The van der Waals surface area contributed by atoms with E-state index in [0.717, 1.165) is 5.56 Å². The molecule has 0 aliphatic rings. The molecule has 0 amide bonds. The molecule has 0 aliphatic carbocycles. The van der Waals surface area contributed by atoms with E-state index in [1.54, 1.807) is 42.5 Å². The maximum absolute atomic E-state index is 12.2. The van der Waals surface area contributed by atoms with Gasteiger partial charge in [-0.25, -0.2) is 0 Å². The first kappa shape index (κ1) is 15.0. The second-order valence-electron chi connectivity index (χ2n) is 4.77. The number of nitrogens with zero attached hydrogens (tertiary/aromatic N) is 2. The van der Waals surface area contributed by atoms with Gasteiger partial charge in [-0.05, 0) is 28.5 Å². The van der Waals surface area contributed by atoms with Gasteiger partial charge in [0.15, 0.2) is 5.78 Å². The molecule has 0 bridgehead atoms. The number of hydrogen-bond acceptors (Lipinski definition) is 4. The van der Waals surface area contributed by atoms with Crippen LogP contribution in [-0.4, -0.2) is 11.1 Å². The Kier molecular flexibility index (Phi) is 4.21. The summed E-state index contributed by atoms with van der Waals surface area (Å²) in [5, 5.41) is 15.2. The lowest BCUT2D eigenvalue weighted by atomic mass is 10.1. The number of carbonyl (C=O) groups is 1. The van der Waals surface area contributed by atoms with Crippen LogP contribution in [0, 0.1) is 0 Å². The highest BCUT2D eigenvalue weighted by atomic mass is 35.5. The van der Waals surface area contributed by atoms with Crippen molar-refractivity contribution in [3.05, 3.63) is 77.0 Å². The van der Waals surface area contributed by atoms with Crippen LogP contribution in [0.2, 0.25) is 5.02 Å². The van der Waals surface area contributed by atoms with Crippen LogP contribution in [0.25, 0.3) is 11.8 Å². The zero-order chi connectivity index (χ0) is 16.2. The first-order valence-corrected chi connectivity index (χ1v) is 7.14. The molecule has 1 aromatic heterocycles. The molecular formula is C17H11ClN2O3. The summed E-state index contributed by atoms with van der Waals surface area (Å²) < 4.78 is 5.76. The van der Waals surface area contributed by atoms with E-state index in [4.69, 9.17) is 11.6 Å². The highest BCUT2D eigenvalue weighted by Gasteiger charge is 2.11. The van der Waals surface area contributed by atoms with E-state index in [2.05, 4.69) is 9.79 Å². The fraction of sp³-hybridized carbons (Fsp3) is 0. The SMILES string of the molecule is O=C(/C=C/c1ccc(Cl)cc1)c1cccc(-[n+]2cc([O-])on2)c1. The summed E-state index contributed by atoms with van der Waals surface area (Å²) in [6.45, 7) is 0. The minimum atomic E-state index is -0.552. The lowest BCUT2D eigenvalue weighted by Gasteiger charge is -1.97. The van der Waals surface area contributed by atoms with Gasteiger partial charge in [0, 0.05) is 22.7 Å². The Bertz CT molecular complexity index is 870. The highest BCUT2D eigenvalue weighted by Crippen LogP contribution is 2.12. The molecule has 2 aromatic carbocycles. The van der Waals surface area contributed by atoms with Crippen molar-refractivity contribution in [2.75, 3.05) is 0 Å². The van der Waals surface area contributed by atoms with E-state index >= 15 is 0 Å². The first-order chi connectivity index (χ1) is 11.1. The number of allylic oxidation sites excluding steroid dienone is 1. The van der Waals surface area contributed by atoms with Crippen molar-refractivity contribution in [2.24, 2.45) is 0 Å². The zero-order valence-corrected chi connectivity index (χ0v) is 12.6. The predicted octanol–water partition coefficient (Wildman–Crippen LogP) is 2.57. The largest absolute Gasteiger partial charge is 0.539 e. The Morgan fingerprint density at radius 2 is 2.00 bits per heavy atom. The third-order valence-electron chi connectivity index (χ3n) is 3.14. The summed E-state index contributed by atoms with van der Waals surface area (Å²) in [5.41, 5.74) is 1.93. The van der Waals surface area contributed by atoms with Gasteiger partial charge in [-0.3, -0.25) is 4.79 Å². The Morgan fingerprint density at radius 3 is 2.70 bits per heavy atom. The number of hydrogen-bond donors (Lipinski definition) is 0. The van der Waals surface area contributed by atoms with Crippen molar-refractivity contribution in [1.29, 1.82) is 0 Å². The van der Waals surface area contributed by atoms with Crippen molar-refractivity contribution in [3.63, 3.8) is 0 Å². The average Bonchev–Trinajstić information content (AvgIpc) is 3.01. The van der Waals surface area contributed by atoms with Crippen molar-refractivity contribution in [1.82, 2.24) is 5.27 Å². The number of halogens is 1. The molecule has 1 heterocycles. The van der Waals surface area contributed by atoms with Crippen LogP contribution in [-0.2, 0) is 0 Å². The molecule has 3 aromatic rings. The monoisotopic (exact) mass is 326 g/mol. The summed E-state index contributed by atoms with van der Waals surface area (Å²) in [6, 6.07) is 13.9. The quantitative estimate of drug-likeness (QED) is 0.420. The first-order valence-electron chi connectivity index (χ1n) is 6.76. The molecule has 0 saturated heterocycles. The maximum atomic E-state index is 12.2. The molecule has 23 heavy (non-hydrogen) atoms. The van der Waals surface area contributed by atoms with Crippen LogP contribution >= 0.6 is 11.6 Å². The average molecular weight is 327 g/mol. The summed E-state index contributed by atoms with van der Waals surface area (Å²) >= 11 is 5.82. The summed E-state index contributed by atoms with van der Waals surface area (Å²) in [5.74, 6) is -0.711. The van der Waals surface area contributed by atoms with Crippen LogP contribution in [0.15, 0.2) is 65.3 Å². The van der Waals surface area contributed by atoms with Gasteiger partial charge >= 0.3 is 0 Å². The van der Waals surface area contributed by atoms with Gasteiger partial charge in [0.1, 0.15) is 5.95 Å². The van der Waals surface area contributed by atoms with Crippen LogP contribution in [0.1, 0.15) is 15.9 Å². The topological polar surface area (TPSA) is 70.0 Å². The molecule has 0 fully saturated rings. The molecule has 0 radical (unpaired) electrons. The fourth-order valence-corrected chi connectivity index (χ4v) is 2.12. The lowest BCUT2D eigenvalue weighted by Crippen LogP contribution is -2.31. The van der Waals surface area contributed by atoms with E-state index in [-0.39, 0.29) is 5.78 Å². The molecule has 3 rings (SSSR count). The Morgan fingerprint density at radius 1 is 1.22 bits per heavy atom. The van der Waals surface area contributed by atoms with Gasteiger partial charge < -0.3 is 9.63 Å². The summed E-state index contributed by atoms with van der Waals surface area (Å²) in [4.78, 5) is 12.2. The van der Waals surface area contributed by atoms with Gasteiger partial charge in [-0.15, -0.1) is 0 Å². The standard InChI is InChI=1S/C17H11ClN2O3/c18-14-7-4-12(5-8-14)6-9-16(21)13-2-1-3-15(10-13)20-11-17(22)23-19-20/h1-11H/b9-6+. The predicted molar refractivity (Wildman–Crippen MR) is 82.3 cm³/mol. The van der Waals surface area contributed by atoms with Gasteiger partial charge in [-0.1, -0.05) is 41.9 Å². The number of aromatic nitrogens is 2. The molecule has 6 heteroatoms. The minimum Gasteiger partial charge on any atom is -0.539 e. The highest BCUT2D eigenvalue weighted by molar-refractivity contribution is 6.30. The summed E-state index contributed by atoms with van der Waals surface area (Å²) in [6.07, 6.45) is 4.40. The molecule has 0 aliphatic heterocycles. The van der Waals surface area contributed by atoms with E-state index in [0.29, 0.717) is 16.3 Å². The van der Waals surface area contributed by atoms with Crippen LogP contribution < -0.4 is 9.79 Å².